The summed E-state index contributed by atoms with van der Waals surface area (Å²) in [6.07, 6.45) is 0.400. The molecule has 0 radical (unpaired) electrons. The molecule has 0 saturated heterocycles. The topological polar surface area (TPSA) is 81.6 Å². The van der Waals surface area contributed by atoms with Gasteiger partial charge in [-0.2, -0.15) is 4.98 Å². The third kappa shape index (κ3) is 4.46. The number of anilines is 1. The fourth-order valence-corrected chi connectivity index (χ4v) is 2.63. The third-order valence-electron chi connectivity index (χ3n) is 3.95. The van der Waals surface area contributed by atoms with Crippen LogP contribution >= 0.6 is 11.6 Å². The zero-order valence-corrected chi connectivity index (χ0v) is 15.1. The normalized spacial score (nSPS) is 12.1. The zero-order valence-electron chi connectivity index (χ0n) is 14.4. The average molecular weight is 374 g/mol. The molecule has 0 saturated carbocycles. The summed E-state index contributed by atoms with van der Waals surface area (Å²) in [7, 11) is 1.90. The van der Waals surface area contributed by atoms with Crippen molar-refractivity contribution in [3.05, 3.63) is 54.1 Å². The fourth-order valence-electron chi connectivity index (χ4n) is 2.45. The molecule has 2 aromatic carbocycles. The first-order chi connectivity index (χ1) is 12.5. The van der Waals surface area contributed by atoms with E-state index in [9.17, 15) is 4.79 Å². The van der Waals surface area contributed by atoms with Gasteiger partial charge in [-0.15, -0.1) is 11.6 Å². The molecule has 1 heterocycles. The van der Waals surface area contributed by atoms with E-state index >= 15 is 0 Å². The summed E-state index contributed by atoms with van der Waals surface area (Å²) in [5.41, 5.74) is 7.69. The Morgan fingerprint density at radius 1 is 1.27 bits per heavy atom. The minimum Gasteiger partial charge on any atom is -0.492 e. The molecule has 0 fully saturated rings. The predicted molar refractivity (Wildman–Crippen MR) is 102 cm³/mol. The lowest BCUT2D eigenvalue weighted by atomic mass is 10.1. The molecular weight excluding hydrogens is 354 g/mol. The number of aromatic nitrogens is 1. The molecule has 26 heavy (non-hydrogen) atoms. The maximum atomic E-state index is 11.0. The van der Waals surface area contributed by atoms with Crippen molar-refractivity contribution in [2.24, 2.45) is 5.73 Å². The molecule has 0 aliphatic rings. The van der Waals surface area contributed by atoms with Crippen molar-refractivity contribution < 1.29 is 13.9 Å². The Balaban J connectivity index is 1.50. The van der Waals surface area contributed by atoms with Crippen LogP contribution in [0.3, 0.4) is 0 Å². The van der Waals surface area contributed by atoms with Crippen molar-refractivity contribution in [2.45, 2.75) is 11.8 Å². The molecule has 1 unspecified atom stereocenters. The number of amides is 1. The molecule has 136 valence electrons. The fraction of sp³-hybridized carbons (Fsp3) is 0.263. The zero-order chi connectivity index (χ0) is 18.5. The number of oxazole rings is 1. The summed E-state index contributed by atoms with van der Waals surface area (Å²) in [5, 5.41) is -0.702. The molecule has 3 aromatic rings. The molecule has 1 atom stereocenters. The van der Waals surface area contributed by atoms with Gasteiger partial charge in [0.2, 0.25) is 5.91 Å². The number of fused-ring (bicyclic) bond motifs is 1. The number of primary amides is 1. The van der Waals surface area contributed by atoms with Crippen LogP contribution in [-0.4, -0.2) is 36.5 Å². The van der Waals surface area contributed by atoms with Crippen LogP contribution in [0.1, 0.15) is 5.56 Å². The second-order valence-electron chi connectivity index (χ2n) is 5.95. The number of likely N-dealkylation sites (N-methyl/N-ethyl adjacent to an activating group) is 1. The van der Waals surface area contributed by atoms with Crippen LogP contribution < -0.4 is 15.4 Å². The van der Waals surface area contributed by atoms with E-state index in [0.29, 0.717) is 25.6 Å². The van der Waals surface area contributed by atoms with Crippen LogP contribution in [0.15, 0.2) is 52.9 Å². The number of hydrogen-bond donors (Lipinski definition) is 1. The predicted octanol–water partition coefficient (Wildman–Crippen LogP) is 2.98. The number of nitrogens with two attached hydrogens (primary N) is 1. The third-order valence-corrected chi connectivity index (χ3v) is 4.32. The minimum atomic E-state index is -0.702. The van der Waals surface area contributed by atoms with Crippen LogP contribution in [0, 0.1) is 0 Å². The Labute approximate surface area is 156 Å². The largest absolute Gasteiger partial charge is 0.492 e. The van der Waals surface area contributed by atoms with Gasteiger partial charge in [0.05, 0.1) is 6.54 Å². The van der Waals surface area contributed by atoms with Crippen molar-refractivity contribution in [2.75, 3.05) is 25.1 Å². The van der Waals surface area contributed by atoms with E-state index < -0.39 is 11.3 Å². The van der Waals surface area contributed by atoms with Gasteiger partial charge in [0, 0.05) is 7.05 Å². The number of nitrogens with zero attached hydrogens (tertiary/aromatic N) is 2. The highest BCUT2D eigenvalue weighted by atomic mass is 35.5. The Hall–Kier alpha value is -2.73. The van der Waals surface area contributed by atoms with E-state index in [2.05, 4.69) is 4.98 Å². The van der Waals surface area contributed by atoms with Crippen LogP contribution in [0.25, 0.3) is 11.1 Å². The lowest BCUT2D eigenvalue weighted by Gasteiger charge is -2.15. The maximum absolute atomic E-state index is 11.0. The lowest BCUT2D eigenvalue weighted by molar-refractivity contribution is -0.117. The number of alkyl halides is 1. The molecule has 3 rings (SSSR count). The number of benzene rings is 2. The second-order valence-corrected chi connectivity index (χ2v) is 6.48. The maximum Gasteiger partial charge on any atom is 0.298 e. The molecule has 0 spiro atoms. The van der Waals surface area contributed by atoms with Crippen molar-refractivity contribution in [3.63, 3.8) is 0 Å². The van der Waals surface area contributed by atoms with E-state index in [-0.39, 0.29) is 0 Å². The first-order valence-corrected chi connectivity index (χ1v) is 8.68. The molecule has 7 heteroatoms. The van der Waals surface area contributed by atoms with Crippen molar-refractivity contribution in [1.82, 2.24) is 4.98 Å². The van der Waals surface area contributed by atoms with E-state index in [1.807, 2.05) is 60.5 Å². The van der Waals surface area contributed by atoms with Gasteiger partial charge in [-0.05, 0) is 36.2 Å². The Bertz CT molecular complexity index is 846. The van der Waals surface area contributed by atoms with Gasteiger partial charge in [0.15, 0.2) is 5.58 Å². The number of halogens is 1. The molecule has 1 aromatic heterocycles. The number of rotatable bonds is 8. The molecule has 2 N–H and O–H groups in total. The number of carbonyl (C=O) groups is 1. The van der Waals surface area contributed by atoms with Crippen LogP contribution in [0.5, 0.6) is 5.75 Å². The summed E-state index contributed by atoms with van der Waals surface area (Å²) < 4.78 is 11.5. The summed E-state index contributed by atoms with van der Waals surface area (Å²) in [6.45, 7) is 1.11. The lowest BCUT2D eigenvalue weighted by Crippen LogP contribution is -2.25. The van der Waals surface area contributed by atoms with Gasteiger partial charge < -0.3 is 19.8 Å². The standard InChI is InChI=1S/C19H20ClN3O3/c1-23(19-22-16-4-2-3-5-17(16)26-19)10-11-25-14-8-6-13(7-9-14)12-15(20)18(21)24/h2-9,15H,10-12H2,1H3,(H2,21,24). The van der Waals surface area contributed by atoms with Gasteiger partial charge in [0.1, 0.15) is 23.3 Å². The SMILES string of the molecule is CN(CCOc1ccc(CC(Cl)C(N)=O)cc1)c1nc2ccccc2o1. The molecule has 0 aliphatic heterocycles. The second kappa shape index (κ2) is 8.10. The van der Waals surface area contributed by atoms with Crippen LogP contribution in [-0.2, 0) is 11.2 Å². The van der Waals surface area contributed by atoms with E-state index in [1.165, 1.54) is 0 Å². The van der Waals surface area contributed by atoms with Gasteiger partial charge in [-0.1, -0.05) is 24.3 Å². The minimum absolute atomic E-state index is 0.400. The highest BCUT2D eigenvalue weighted by Crippen LogP contribution is 2.20. The van der Waals surface area contributed by atoms with E-state index in [4.69, 9.17) is 26.5 Å². The monoisotopic (exact) mass is 373 g/mol. The Kier molecular flexibility index (Phi) is 5.63. The molecule has 0 aliphatic carbocycles. The first kappa shape index (κ1) is 18.1. The molecular formula is C19H20ClN3O3. The van der Waals surface area contributed by atoms with Crippen molar-refractivity contribution in [1.29, 1.82) is 0 Å². The highest BCUT2D eigenvalue weighted by Gasteiger charge is 2.12. The van der Waals surface area contributed by atoms with E-state index in [1.54, 1.807) is 0 Å². The Morgan fingerprint density at radius 3 is 2.69 bits per heavy atom. The van der Waals surface area contributed by atoms with Gasteiger partial charge in [-0.3, -0.25) is 4.79 Å². The molecule has 0 bridgehead atoms. The number of carbonyl (C=O) groups excluding carboxylic acids is 1. The summed E-state index contributed by atoms with van der Waals surface area (Å²) in [5.74, 6) is 0.221. The first-order valence-electron chi connectivity index (χ1n) is 8.25. The van der Waals surface area contributed by atoms with E-state index in [0.717, 1.165) is 22.4 Å². The van der Waals surface area contributed by atoms with Crippen molar-refractivity contribution in [3.8, 4) is 5.75 Å². The van der Waals surface area contributed by atoms with Crippen molar-refractivity contribution >= 4 is 34.6 Å². The number of para-hydroxylation sites is 2. The Morgan fingerprint density at radius 2 is 2.00 bits per heavy atom. The van der Waals surface area contributed by atoms with Gasteiger partial charge in [-0.25, -0.2) is 0 Å². The smallest absolute Gasteiger partial charge is 0.298 e. The van der Waals surface area contributed by atoms with Crippen LogP contribution in [0.2, 0.25) is 0 Å². The average Bonchev–Trinajstić information content (AvgIpc) is 3.07. The van der Waals surface area contributed by atoms with Gasteiger partial charge in [0.25, 0.3) is 6.01 Å². The summed E-state index contributed by atoms with van der Waals surface area (Å²) >= 11 is 5.87. The van der Waals surface area contributed by atoms with Crippen LogP contribution in [0.4, 0.5) is 6.01 Å². The molecule has 1 amide bonds. The molecule has 6 nitrogen and oxygen atoms in total. The van der Waals surface area contributed by atoms with Gasteiger partial charge >= 0.3 is 0 Å². The summed E-state index contributed by atoms with van der Waals surface area (Å²) in [6, 6.07) is 15.6. The number of ether oxygens (including phenoxy) is 1. The summed E-state index contributed by atoms with van der Waals surface area (Å²) in [4.78, 5) is 17.3. The quantitative estimate of drug-likeness (QED) is 0.614. The highest BCUT2D eigenvalue weighted by molar-refractivity contribution is 6.30. The number of hydrogen-bond acceptors (Lipinski definition) is 5.